The normalized spacial score (nSPS) is 24.9. The van der Waals surface area contributed by atoms with Gasteiger partial charge in [-0.25, -0.2) is 0 Å². The van der Waals surface area contributed by atoms with Crippen molar-refractivity contribution in [2.24, 2.45) is 5.92 Å². The van der Waals surface area contributed by atoms with Crippen LogP contribution >= 0.6 is 15.9 Å². The highest BCUT2D eigenvalue weighted by molar-refractivity contribution is 9.10. The number of likely N-dealkylation sites (tertiary alicyclic amines) is 1. The Bertz CT molecular complexity index is 433. The lowest BCUT2D eigenvalue weighted by atomic mass is 9.92. The van der Waals surface area contributed by atoms with E-state index in [4.69, 9.17) is 0 Å². The van der Waals surface area contributed by atoms with Crippen LogP contribution in [0.25, 0.3) is 0 Å². The summed E-state index contributed by atoms with van der Waals surface area (Å²) in [4.78, 5) is 2.44. The molecule has 0 bridgehead atoms. The molecule has 2 rings (SSSR count). The van der Waals surface area contributed by atoms with Gasteiger partial charge in [-0.05, 0) is 48.5 Å². The Morgan fingerprint density at radius 2 is 2.16 bits per heavy atom. The third-order valence-electron chi connectivity index (χ3n) is 4.13. The molecule has 0 spiro atoms. The predicted molar refractivity (Wildman–Crippen MR) is 80.0 cm³/mol. The average molecular weight is 330 g/mol. The molecule has 4 nitrogen and oxygen atoms in total. The van der Waals surface area contributed by atoms with Crippen molar-refractivity contribution in [3.05, 3.63) is 15.9 Å². The molecule has 1 aliphatic rings. The first-order valence-corrected chi connectivity index (χ1v) is 7.98. The van der Waals surface area contributed by atoms with Gasteiger partial charge in [-0.1, -0.05) is 6.92 Å². The summed E-state index contributed by atoms with van der Waals surface area (Å²) < 4.78 is 3.21. The minimum Gasteiger partial charge on any atom is -0.393 e. The molecule has 0 amide bonds. The molecule has 1 aromatic heterocycles. The van der Waals surface area contributed by atoms with Crippen molar-refractivity contribution in [1.82, 2.24) is 14.7 Å². The highest BCUT2D eigenvalue weighted by Crippen LogP contribution is 2.26. The van der Waals surface area contributed by atoms with Crippen LogP contribution < -0.4 is 0 Å². The van der Waals surface area contributed by atoms with Crippen molar-refractivity contribution >= 4 is 15.9 Å². The fourth-order valence-electron chi connectivity index (χ4n) is 2.87. The van der Waals surface area contributed by atoms with Gasteiger partial charge in [0.15, 0.2) is 0 Å². The number of halogens is 1. The van der Waals surface area contributed by atoms with Crippen LogP contribution in [0.5, 0.6) is 0 Å². The molecular formula is C14H24BrN3O. The molecule has 108 valence electrons. The van der Waals surface area contributed by atoms with Crippen molar-refractivity contribution in [2.75, 3.05) is 13.1 Å². The maximum atomic E-state index is 9.96. The number of rotatable bonds is 4. The van der Waals surface area contributed by atoms with E-state index in [1.807, 2.05) is 6.92 Å². The Morgan fingerprint density at radius 3 is 2.79 bits per heavy atom. The molecule has 1 aliphatic heterocycles. The number of piperidine rings is 1. The molecule has 1 N–H and O–H groups in total. The van der Waals surface area contributed by atoms with Crippen LogP contribution in [0.4, 0.5) is 0 Å². The smallest absolute Gasteiger partial charge is 0.0739 e. The molecule has 19 heavy (non-hydrogen) atoms. The second kappa shape index (κ2) is 6.37. The molecule has 0 aliphatic carbocycles. The SMILES string of the molecule is CCC1CN(Cc2c(Br)c(C)nn2CC)CCC1O. The number of hydrogen-bond acceptors (Lipinski definition) is 3. The van der Waals surface area contributed by atoms with Crippen LogP contribution in [-0.2, 0) is 13.1 Å². The average Bonchev–Trinajstić information content (AvgIpc) is 2.68. The van der Waals surface area contributed by atoms with Gasteiger partial charge in [-0.3, -0.25) is 9.58 Å². The first-order chi connectivity index (χ1) is 9.06. The van der Waals surface area contributed by atoms with E-state index in [2.05, 4.69) is 44.5 Å². The molecule has 5 heteroatoms. The summed E-state index contributed by atoms with van der Waals surface area (Å²) in [6.45, 7) is 10.1. The number of nitrogens with zero attached hydrogens (tertiary/aromatic N) is 3. The molecule has 2 unspecified atom stereocenters. The van der Waals surface area contributed by atoms with Gasteiger partial charge in [-0.2, -0.15) is 5.10 Å². The molecule has 0 aromatic carbocycles. The number of aliphatic hydroxyl groups excluding tert-OH is 1. The zero-order valence-electron chi connectivity index (χ0n) is 12.1. The Kier molecular flexibility index (Phi) is 5.03. The standard InChI is InChI=1S/C14H24BrN3O/c1-4-11-8-17(7-6-13(11)19)9-12-14(15)10(3)16-18(12)5-2/h11,13,19H,4-9H2,1-3H3. The van der Waals surface area contributed by atoms with Crippen molar-refractivity contribution in [3.63, 3.8) is 0 Å². The number of hydrogen-bond donors (Lipinski definition) is 1. The Hall–Kier alpha value is -0.390. The molecule has 0 saturated carbocycles. The summed E-state index contributed by atoms with van der Waals surface area (Å²) in [7, 11) is 0. The molecule has 2 heterocycles. The third kappa shape index (κ3) is 3.20. The lowest BCUT2D eigenvalue weighted by molar-refractivity contribution is 0.0212. The zero-order valence-corrected chi connectivity index (χ0v) is 13.7. The first kappa shape index (κ1) is 15.0. The van der Waals surface area contributed by atoms with Gasteiger partial charge in [0.05, 0.1) is 22.0 Å². The van der Waals surface area contributed by atoms with Crippen LogP contribution in [0, 0.1) is 12.8 Å². The van der Waals surface area contributed by atoms with E-state index in [1.54, 1.807) is 0 Å². The monoisotopic (exact) mass is 329 g/mol. The van der Waals surface area contributed by atoms with Crippen LogP contribution in [0.15, 0.2) is 4.47 Å². The van der Waals surface area contributed by atoms with Crippen molar-refractivity contribution in [2.45, 2.75) is 52.8 Å². The first-order valence-electron chi connectivity index (χ1n) is 7.19. The Morgan fingerprint density at radius 1 is 1.42 bits per heavy atom. The maximum absolute atomic E-state index is 9.96. The van der Waals surface area contributed by atoms with Gasteiger partial charge < -0.3 is 5.11 Å². The lowest BCUT2D eigenvalue weighted by Crippen LogP contribution is -2.42. The molecule has 1 saturated heterocycles. The van der Waals surface area contributed by atoms with Crippen molar-refractivity contribution < 1.29 is 5.11 Å². The third-order valence-corrected chi connectivity index (χ3v) is 5.16. The second-order valence-electron chi connectivity index (χ2n) is 5.42. The fourth-order valence-corrected chi connectivity index (χ4v) is 3.28. The van der Waals surface area contributed by atoms with E-state index in [-0.39, 0.29) is 6.10 Å². The fraction of sp³-hybridized carbons (Fsp3) is 0.786. The van der Waals surface area contributed by atoms with Crippen LogP contribution in [0.1, 0.15) is 38.1 Å². The number of aromatic nitrogens is 2. The van der Waals surface area contributed by atoms with E-state index in [0.717, 1.165) is 49.2 Å². The topological polar surface area (TPSA) is 41.3 Å². The molecule has 1 aromatic rings. The summed E-state index contributed by atoms with van der Waals surface area (Å²) in [6.07, 6.45) is 1.81. The van der Waals surface area contributed by atoms with E-state index in [0.29, 0.717) is 5.92 Å². The Labute approximate surface area is 123 Å². The Balaban J connectivity index is 2.09. The minimum atomic E-state index is -0.123. The van der Waals surface area contributed by atoms with Gasteiger partial charge in [0.2, 0.25) is 0 Å². The summed E-state index contributed by atoms with van der Waals surface area (Å²) in [6, 6.07) is 0. The summed E-state index contributed by atoms with van der Waals surface area (Å²) >= 11 is 3.65. The van der Waals surface area contributed by atoms with E-state index >= 15 is 0 Å². The zero-order chi connectivity index (χ0) is 14.0. The van der Waals surface area contributed by atoms with Gasteiger partial charge in [-0.15, -0.1) is 0 Å². The van der Waals surface area contributed by atoms with Crippen LogP contribution in [0.2, 0.25) is 0 Å². The van der Waals surface area contributed by atoms with E-state index in [1.165, 1.54) is 5.69 Å². The summed E-state index contributed by atoms with van der Waals surface area (Å²) in [5.41, 5.74) is 2.31. The molecule has 2 atom stereocenters. The maximum Gasteiger partial charge on any atom is 0.0739 e. The molecule has 0 radical (unpaired) electrons. The van der Waals surface area contributed by atoms with Gasteiger partial charge >= 0.3 is 0 Å². The minimum absolute atomic E-state index is 0.123. The highest BCUT2D eigenvalue weighted by atomic mass is 79.9. The van der Waals surface area contributed by atoms with E-state index in [9.17, 15) is 5.11 Å². The quantitative estimate of drug-likeness (QED) is 0.923. The highest BCUT2D eigenvalue weighted by Gasteiger charge is 2.27. The van der Waals surface area contributed by atoms with Gasteiger partial charge in [0.25, 0.3) is 0 Å². The van der Waals surface area contributed by atoms with Crippen molar-refractivity contribution in [3.8, 4) is 0 Å². The molecule has 1 fully saturated rings. The van der Waals surface area contributed by atoms with Crippen LogP contribution in [0.3, 0.4) is 0 Å². The number of aryl methyl sites for hydroxylation is 2. The van der Waals surface area contributed by atoms with E-state index < -0.39 is 0 Å². The largest absolute Gasteiger partial charge is 0.393 e. The van der Waals surface area contributed by atoms with Crippen molar-refractivity contribution in [1.29, 1.82) is 0 Å². The van der Waals surface area contributed by atoms with Crippen LogP contribution in [-0.4, -0.2) is 39.0 Å². The second-order valence-corrected chi connectivity index (χ2v) is 6.21. The predicted octanol–water partition coefficient (Wildman–Crippen LogP) is 2.57. The lowest BCUT2D eigenvalue weighted by Gasteiger charge is -2.35. The number of aliphatic hydroxyl groups is 1. The van der Waals surface area contributed by atoms with Gasteiger partial charge in [0, 0.05) is 26.2 Å². The summed E-state index contributed by atoms with van der Waals surface area (Å²) in [5, 5.41) is 14.5. The summed E-state index contributed by atoms with van der Waals surface area (Å²) in [5.74, 6) is 0.409. The van der Waals surface area contributed by atoms with Gasteiger partial charge in [0.1, 0.15) is 0 Å². The molecular weight excluding hydrogens is 306 g/mol.